The van der Waals surface area contributed by atoms with Crippen molar-refractivity contribution in [2.45, 2.75) is 85.5 Å². The lowest BCUT2D eigenvalue weighted by atomic mass is 9.96. The van der Waals surface area contributed by atoms with Gasteiger partial charge in [-0.2, -0.15) is 0 Å². The smallest absolute Gasteiger partial charge is 0.326 e. The Morgan fingerprint density at radius 3 is 1.72 bits per heavy atom. The van der Waals surface area contributed by atoms with E-state index in [1.807, 2.05) is 27.7 Å². The zero-order valence-corrected chi connectivity index (χ0v) is 18.6. The van der Waals surface area contributed by atoms with Crippen molar-refractivity contribution in [3.8, 4) is 0 Å². The number of carbonyl (C=O) groups is 4. The quantitative estimate of drug-likeness (QED) is 0.316. The maximum Gasteiger partial charge on any atom is 0.326 e. The first-order chi connectivity index (χ1) is 13.3. The van der Waals surface area contributed by atoms with Crippen molar-refractivity contribution in [3.05, 3.63) is 0 Å². The van der Waals surface area contributed by atoms with Gasteiger partial charge in [-0.05, 0) is 31.1 Å². The Morgan fingerprint density at radius 2 is 1.34 bits per heavy atom. The minimum absolute atomic E-state index is 0.0779. The molecule has 0 saturated heterocycles. The Balaban J connectivity index is 5.49. The molecule has 0 radical (unpaired) electrons. The van der Waals surface area contributed by atoms with Gasteiger partial charge in [0.25, 0.3) is 0 Å². The van der Waals surface area contributed by atoms with Crippen molar-refractivity contribution in [1.29, 1.82) is 0 Å². The van der Waals surface area contributed by atoms with Crippen LogP contribution in [0.5, 0.6) is 0 Å². The van der Waals surface area contributed by atoms with E-state index < -0.39 is 47.9 Å². The van der Waals surface area contributed by atoms with Gasteiger partial charge < -0.3 is 26.8 Å². The van der Waals surface area contributed by atoms with Crippen LogP contribution in [0.2, 0.25) is 0 Å². The molecule has 5 unspecified atom stereocenters. The average molecular weight is 415 g/mol. The topological polar surface area (TPSA) is 151 Å². The summed E-state index contributed by atoms with van der Waals surface area (Å²) in [7, 11) is 0. The van der Waals surface area contributed by atoms with E-state index in [9.17, 15) is 24.3 Å². The maximum atomic E-state index is 12.9. The monoisotopic (exact) mass is 414 g/mol. The van der Waals surface area contributed by atoms with E-state index in [1.54, 1.807) is 13.8 Å². The van der Waals surface area contributed by atoms with Gasteiger partial charge in [0.1, 0.15) is 18.1 Å². The lowest BCUT2D eigenvalue weighted by molar-refractivity contribution is -0.143. The van der Waals surface area contributed by atoms with Crippen LogP contribution >= 0.6 is 0 Å². The van der Waals surface area contributed by atoms with Gasteiger partial charge in [-0.3, -0.25) is 14.4 Å². The van der Waals surface area contributed by atoms with E-state index in [0.717, 1.165) is 0 Å². The van der Waals surface area contributed by atoms with Gasteiger partial charge in [-0.1, -0.05) is 48.0 Å². The molecule has 0 fully saturated rings. The van der Waals surface area contributed by atoms with Crippen molar-refractivity contribution in [2.24, 2.45) is 23.5 Å². The number of hydrogen-bond acceptors (Lipinski definition) is 5. The Kier molecular flexibility index (Phi) is 11.5. The molecule has 3 amide bonds. The second kappa shape index (κ2) is 12.4. The number of hydrogen-bond donors (Lipinski definition) is 5. The fraction of sp³-hybridized carbons (Fsp3) is 0.800. The third-order valence-electron chi connectivity index (χ3n) is 4.78. The molecule has 0 aliphatic rings. The fourth-order valence-corrected chi connectivity index (χ4v) is 2.72. The van der Waals surface area contributed by atoms with Gasteiger partial charge in [0, 0.05) is 0 Å². The van der Waals surface area contributed by atoms with E-state index in [2.05, 4.69) is 16.0 Å². The zero-order chi connectivity index (χ0) is 22.9. The van der Waals surface area contributed by atoms with Crippen LogP contribution < -0.4 is 21.7 Å². The predicted octanol–water partition coefficient (Wildman–Crippen LogP) is 0.621. The molecule has 0 aliphatic carbocycles. The van der Waals surface area contributed by atoms with Crippen molar-refractivity contribution < 1.29 is 24.3 Å². The van der Waals surface area contributed by atoms with Crippen LogP contribution in [0.4, 0.5) is 0 Å². The summed E-state index contributed by atoms with van der Waals surface area (Å²) in [5.74, 6) is -3.06. The molecular weight excluding hydrogens is 376 g/mol. The summed E-state index contributed by atoms with van der Waals surface area (Å²) in [6, 6.07) is -3.59. The molecule has 0 heterocycles. The molecule has 168 valence electrons. The summed E-state index contributed by atoms with van der Waals surface area (Å²) in [4.78, 5) is 49.0. The number of nitrogens with two attached hydrogens (primary N) is 1. The molecule has 0 aromatic carbocycles. The molecule has 5 atom stereocenters. The molecule has 0 spiro atoms. The SMILES string of the molecule is CCC(C)C(NC(=O)C(C)N)C(=O)NC(CC(C)C)C(=O)NC(C(=O)O)C(C)C. The van der Waals surface area contributed by atoms with Gasteiger partial charge in [-0.15, -0.1) is 0 Å². The van der Waals surface area contributed by atoms with Gasteiger partial charge in [-0.25, -0.2) is 4.79 Å². The van der Waals surface area contributed by atoms with Gasteiger partial charge in [0.2, 0.25) is 17.7 Å². The van der Waals surface area contributed by atoms with Crippen LogP contribution in [0.3, 0.4) is 0 Å². The van der Waals surface area contributed by atoms with Crippen LogP contribution in [0, 0.1) is 17.8 Å². The number of carbonyl (C=O) groups excluding carboxylic acids is 3. The molecule has 0 saturated carbocycles. The van der Waals surface area contributed by atoms with E-state index >= 15 is 0 Å². The summed E-state index contributed by atoms with van der Waals surface area (Å²) in [5.41, 5.74) is 5.59. The van der Waals surface area contributed by atoms with Crippen LogP contribution in [0.1, 0.15) is 61.3 Å². The standard InChI is InChI=1S/C20H38N4O5/c1-8-12(6)16(24-17(25)13(7)21)19(27)22-14(9-10(2)3)18(26)23-15(11(4)5)20(28)29/h10-16H,8-9,21H2,1-7H3,(H,22,27)(H,23,26)(H,24,25)(H,28,29). The Morgan fingerprint density at radius 1 is 0.828 bits per heavy atom. The number of aliphatic carboxylic acids is 1. The molecule has 9 nitrogen and oxygen atoms in total. The van der Waals surface area contributed by atoms with Gasteiger partial charge >= 0.3 is 5.97 Å². The van der Waals surface area contributed by atoms with Gasteiger partial charge in [0.05, 0.1) is 6.04 Å². The zero-order valence-electron chi connectivity index (χ0n) is 18.6. The first-order valence-corrected chi connectivity index (χ1v) is 10.2. The van der Waals surface area contributed by atoms with E-state index in [1.165, 1.54) is 6.92 Å². The summed E-state index contributed by atoms with van der Waals surface area (Å²) in [6.07, 6.45) is 0.962. The highest BCUT2D eigenvalue weighted by molar-refractivity contribution is 5.94. The number of amides is 3. The predicted molar refractivity (Wildman–Crippen MR) is 111 cm³/mol. The van der Waals surface area contributed by atoms with E-state index in [4.69, 9.17) is 5.73 Å². The second-order valence-electron chi connectivity index (χ2n) is 8.42. The Labute approximate surface area is 173 Å². The van der Waals surface area contributed by atoms with Crippen molar-refractivity contribution in [1.82, 2.24) is 16.0 Å². The number of carboxylic acids is 1. The largest absolute Gasteiger partial charge is 0.480 e. The minimum Gasteiger partial charge on any atom is -0.480 e. The first-order valence-electron chi connectivity index (χ1n) is 10.2. The summed E-state index contributed by atoms with van der Waals surface area (Å²) in [5, 5.41) is 17.2. The third kappa shape index (κ3) is 9.25. The minimum atomic E-state index is -1.13. The molecule has 0 aromatic rings. The van der Waals surface area contributed by atoms with Crippen LogP contribution in [-0.4, -0.2) is 53.0 Å². The fourth-order valence-electron chi connectivity index (χ4n) is 2.72. The van der Waals surface area contributed by atoms with Crippen molar-refractivity contribution in [2.75, 3.05) is 0 Å². The Hall–Kier alpha value is -2.16. The molecule has 6 N–H and O–H groups in total. The summed E-state index contributed by atoms with van der Waals surface area (Å²) < 4.78 is 0. The first kappa shape index (κ1) is 26.8. The van der Waals surface area contributed by atoms with Gasteiger partial charge in [0.15, 0.2) is 0 Å². The molecular formula is C20H38N4O5. The molecule has 0 aromatic heterocycles. The number of nitrogens with one attached hydrogen (secondary N) is 3. The van der Waals surface area contributed by atoms with Crippen LogP contribution in [0.25, 0.3) is 0 Å². The maximum absolute atomic E-state index is 12.9. The average Bonchev–Trinajstić information content (AvgIpc) is 2.61. The highest BCUT2D eigenvalue weighted by atomic mass is 16.4. The number of rotatable bonds is 12. The van der Waals surface area contributed by atoms with E-state index in [-0.39, 0.29) is 17.8 Å². The number of carboxylic acid groups (broad SMARTS) is 1. The lowest BCUT2D eigenvalue weighted by Gasteiger charge is -2.28. The van der Waals surface area contributed by atoms with Crippen molar-refractivity contribution in [3.63, 3.8) is 0 Å². The highest BCUT2D eigenvalue weighted by Gasteiger charge is 2.32. The summed E-state index contributed by atoms with van der Waals surface area (Å²) >= 11 is 0. The van der Waals surface area contributed by atoms with E-state index in [0.29, 0.717) is 12.8 Å². The third-order valence-corrected chi connectivity index (χ3v) is 4.78. The molecule has 0 aliphatic heterocycles. The second-order valence-corrected chi connectivity index (χ2v) is 8.42. The van der Waals surface area contributed by atoms with Crippen LogP contribution in [-0.2, 0) is 19.2 Å². The normalized spacial score (nSPS) is 16.5. The lowest BCUT2D eigenvalue weighted by Crippen LogP contribution is -2.59. The van der Waals surface area contributed by atoms with Crippen LogP contribution in [0.15, 0.2) is 0 Å². The highest BCUT2D eigenvalue weighted by Crippen LogP contribution is 2.12. The molecule has 0 rings (SSSR count). The molecule has 0 bridgehead atoms. The Bertz CT molecular complexity index is 577. The molecule has 29 heavy (non-hydrogen) atoms. The van der Waals surface area contributed by atoms with Crippen molar-refractivity contribution >= 4 is 23.7 Å². The summed E-state index contributed by atoms with van der Waals surface area (Å²) in [6.45, 7) is 12.4. The molecule has 9 heteroatoms.